The standard InChI is InChI=1S/C19H27N3O3.ClH/c1-3-15-4-6-16(7-5-15)25-14(2)17(23)21-10-12-22(13-11-21)18(24)19(20)8-9-19;/h4-7,14H,3,8-13,20H2,1-2H3;1H. The number of hydrogen-bond acceptors (Lipinski definition) is 4. The maximum atomic E-state index is 12.6. The van der Waals surface area contributed by atoms with Crippen molar-refractivity contribution in [2.45, 2.75) is 44.8 Å². The van der Waals surface area contributed by atoms with Gasteiger partial charge in [-0.1, -0.05) is 19.1 Å². The lowest BCUT2D eigenvalue weighted by Crippen LogP contribution is -2.56. The number of ether oxygens (including phenoxy) is 1. The molecule has 0 spiro atoms. The SMILES string of the molecule is CCc1ccc(OC(C)C(=O)N2CCN(C(=O)C3(N)CC3)CC2)cc1.Cl. The number of halogens is 1. The van der Waals surface area contributed by atoms with Crippen LogP contribution < -0.4 is 10.5 Å². The summed E-state index contributed by atoms with van der Waals surface area (Å²) in [7, 11) is 0. The normalized spacial score (nSPS) is 19.3. The molecule has 1 saturated heterocycles. The molecule has 2 fully saturated rings. The molecule has 2 N–H and O–H groups in total. The highest BCUT2D eigenvalue weighted by Crippen LogP contribution is 2.34. The van der Waals surface area contributed by atoms with E-state index in [0.29, 0.717) is 31.9 Å². The number of carbonyl (C=O) groups excluding carboxylic acids is 2. The Morgan fingerprint density at radius 3 is 2.15 bits per heavy atom. The van der Waals surface area contributed by atoms with Gasteiger partial charge in [0, 0.05) is 26.2 Å². The van der Waals surface area contributed by atoms with Crippen LogP contribution in [0.1, 0.15) is 32.3 Å². The summed E-state index contributed by atoms with van der Waals surface area (Å²) in [6.07, 6.45) is 1.97. The molecule has 1 unspecified atom stereocenters. The second-order valence-corrected chi connectivity index (χ2v) is 7.03. The number of amides is 2. The quantitative estimate of drug-likeness (QED) is 0.840. The highest BCUT2D eigenvalue weighted by Gasteiger charge is 2.48. The molecule has 6 nitrogen and oxygen atoms in total. The first-order chi connectivity index (χ1) is 11.9. The van der Waals surface area contributed by atoms with Gasteiger partial charge in [-0.25, -0.2) is 0 Å². The minimum absolute atomic E-state index is 0. The van der Waals surface area contributed by atoms with Crippen molar-refractivity contribution in [1.82, 2.24) is 9.80 Å². The van der Waals surface area contributed by atoms with Gasteiger partial charge in [-0.05, 0) is 43.9 Å². The maximum Gasteiger partial charge on any atom is 0.263 e. The summed E-state index contributed by atoms with van der Waals surface area (Å²) in [6.45, 7) is 6.02. The van der Waals surface area contributed by atoms with Crippen molar-refractivity contribution < 1.29 is 14.3 Å². The maximum absolute atomic E-state index is 12.6. The van der Waals surface area contributed by atoms with Crippen LogP contribution in [0.15, 0.2) is 24.3 Å². The number of aryl methyl sites for hydroxylation is 1. The Morgan fingerprint density at radius 2 is 1.65 bits per heavy atom. The van der Waals surface area contributed by atoms with Crippen LogP contribution in [0.25, 0.3) is 0 Å². The van der Waals surface area contributed by atoms with E-state index in [9.17, 15) is 9.59 Å². The molecule has 1 saturated carbocycles. The van der Waals surface area contributed by atoms with Crippen LogP contribution in [0.2, 0.25) is 0 Å². The second kappa shape index (κ2) is 8.27. The summed E-state index contributed by atoms with van der Waals surface area (Å²) in [6, 6.07) is 7.82. The van der Waals surface area contributed by atoms with Gasteiger partial charge in [0.2, 0.25) is 5.91 Å². The topological polar surface area (TPSA) is 75.9 Å². The van der Waals surface area contributed by atoms with E-state index in [1.54, 1.807) is 16.7 Å². The molecule has 2 aliphatic rings. The number of benzene rings is 1. The van der Waals surface area contributed by atoms with E-state index < -0.39 is 11.6 Å². The zero-order chi connectivity index (χ0) is 18.0. The third-order valence-corrected chi connectivity index (χ3v) is 5.09. The van der Waals surface area contributed by atoms with Gasteiger partial charge in [-0.2, -0.15) is 0 Å². The zero-order valence-corrected chi connectivity index (χ0v) is 16.3. The molecule has 0 aromatic heterocycles. The minimum Gasteiger partial charge on any atom is -0.481 e. The Bertz CT molecular complexity index is 638. The van der Waals surface area contributed by atoms with Crippen molar-refractivity contribution in [2.24, 2.45) is 5.73 Å². The van der Waals surface area contributed by atoms with Crippen LogP contribution in [-0.4, -0.2) is 59.4 Å². The third kappa shape index (κ3) is 4.48. The summed E-state index contributed by atoms with van der Waals surface area (Å²) >= 11 is 0. The Hall–Kier alpha value is -1.79. The summed E-state index contributed by atoms with van der Waals surface area (Å²) in [5.74, 6) is 0.686. The molecule has 3 rings (SSSR count). The predicted octanol–water partition coefficient (Wildman–Crippen LogP) is 1.60. The van der Waals surface area contributed by atoms with E-state index in [2.05, 4.69) is 6.92 Å². The molecular weight excluding hydrogens is 354 g/mol. The van der Waals surface area contributed by atoms with Gasteiger partial charge < -0.3 is 20.3 Å². The molecular formula is C19H28ClN3O3. The van der Waals surface area contributed by atoms with Crippen LogP contribution in [0.3, 0.4) is 0 Å². The third-order valence-electron chi connectivity index (χ3n) is 5.09. The van der Waals surface area contributed by atoms with Crippen LogP contribution in [-0.2, 0) is 16.0 Å². The first kappa shape index (κ1) is 20.5. The van der Waals surface area contributed by atoms with Gasteiger partial charge in [0.05, 0.1) is 5.54 Å². The Balaban J connectivity index is 0.00000243. The fourth-order valence-electron chi connectivity index (χ4n) is 3.11. The number of piperazine rings is 1. The molecule has 7 heteroatoms. The molecule has 144 valence electrons. The molecule has 1 aliphatic heterocycles. The second-order valence-electron chi connectivity index (χ2n) is 7.03. The first-order valence-electron chi connectivity index (χ1n) is 9.05. The van der Waals surface area contributed by atoms with Crippen LogP contribution >= 0.6 is 12.4 Å². The van der Waals surface area contributed by atoms with E-state index in [1.165, 1.54) is 5.56 Å². The van der Waals surface area contributed by atoms with E-state index in [-0.39, 0.29) is 24.2 Å². The number of nitrogens with zero attached hydrogens (tertiary/aromatic N) is 2. The molecule has 1 heterocycles. The van der Waals surface area contributed by atoms with Crippen molar-refractivity contribution >= 4 is 24.2 Å². The summed E-state index contributed by atoms with van der Waals surface area (Å²) in [4.78, 5) is 28.4. The van der Waals surface area contributed by atoms with E-state index >= 15 is 0 Å². The largest absolute Gasteiger partial charge is 0.481 e. The van der Waals surface area contributed by atoms with Gasteiger partial charge in [0.1, 0.15) is 5.75 Å². The lowest BCUT2D eigenvalue weighted by atomic mass is 10.2. The summed E-state index contributed by atoms with van der Waals surface area (Å²) in [5.41, 5.74) is 6.58. The van der Waals surface area contributed by atoms with Crippen molar-refractivity contribution in [3.63, 3.8) is 0 Å². The van der Waals surface area contributed by atoms with E-state index in [4.69, 9.17) is 10.5 Å². The molecule has 26 heavy (non-hydrogen) atoms. The van der Waals surface area contributed by atoms with Crippen molar-refractivity contribution in [1.29, 1.82) is 0 Å². The van der Waals surface area contributed by atoms with Gasteiger partial charge >= 0.3 is 0 Å². The van der Waals surface area contributed by atoms with Crippen LogP contribution in [0.4, 0.5) is 0 Å². The summed E-state index contributed by atoms with van der Waals surface area (Å²) < 4.78 is 5.78. The molecule has 0 radical (unpaired) electrons. The molecule has 1 aliphatic carbocycles. The number of hydrogen-bond donors (Lipinski definition) is 1. The number of rotatable bonds is 5. The number of carbonyl (C=O) groups is 2. The number of nitrogens with two attached hydrogens (primary N) is 1. The van der Waals surface area contributed by atoms with Gasteiger partial charge in [0.25, 0.3) is 5.91 Å². The minimum atomic E-state index is -0.632. The van der Waals surface area contributed by atoms with Gasteiger partial charge in [0.15, 0.2) is 6.10 Å². The van der Waals surface area contributed by atoms with Crippen LogP contribution in [0, 0.1) is 0 Å². The fourth-order valence-corrected chi connectivity index (χ4v) is 3.11. The van der Waals surface area contributed by atoms with E-state index in [1.807, 2.05) is 24.3 Å². The average Bonchev–Trinajstić information content (AvgIpc) is 3.40. The highest BCUT2D eigenvalue weighted by atomic mass is 35.5. The predicted molar refractivity (Wildman–Crippen MR) is 102 cm³/mol. The first-order valence-corrected chi connectivity index (χ1v) is 9.05. The monoisotopic (exact) mass is 381 g/mol. The lowest BCUT2D eigenvalue weighted by molar-refractivity contribution is -0.144. The summed E-state index contributed by atoms with van der Waals surface area (Å²) in [5, 5.41) is 0. The molecule has 1 atom stereocenters. The zero-order valence-electron chi connectivity index (χ0n) is 15.4. The Labute approximate surface area is 161 Å². The highest BCUT2D eigenvalue weighted by molar-refractivity contribution is 5.89. The average molecular weight is 382 g/mol. The van der Waals surface area contributed by atoms with Crippen molar-refractivity contribution in [3.05, 3.63) is 29.8 Å². The van der Waals surface area contributed by atoms with E-state index in [0.717, 1.165) is 19.3 Å². The van der Waals surface area contributed by atoms with Gasteiger partial charge in [-0.15, -0.1) is 12.4 Å². The molecule has 1 aromatic carbocycles. The molecule has 2 amide bonds. The smallest absolute Gasteiger partial charge is 0.263 e. The molecule has 1 aromatic rings. The van der Waals surface area contributed by atoms with Gasteiger partial charge in [-0.3, -0.25) is 9.59 Å². The lowest BCUT2D eigenvalue weighted by Gasteiger charge is -2.37. The van der Waals surface area contributed by atoms with Crippen molar-refractivity contribution in [2.75, 3.05) is 26.2 Å². The van der Waals surface area contributed by atoms with Crippen molar-refractivity contribution in [3.8, 4) is 5.75 Å². The Kier molecular flexibility index (Phi) is 6.53. The van der Waals surface area contributed by atoms with Crippen LogP contribution in [0.5, 0.6) is 5.75 Å². The Morgan fingerprint density at radius 1 is 1.12 bits per heavy atom. The fraction of sp³-hybridized carbons (Fsp3) is 0.579. The molecule has 0 bridgehead atoms.